The maximum absolute atomic E-state index is 4.55. The molecule has 0 spiro atoms. The van der Waals surface area contributed by atoms with Gasteiger partial charge in [-0.15, -0.1) is 0 Å². The number of aromatic nitrogens is 3. The number of pyridine rings is 1. The minimum Gasteiger partial charge on any atom is -0.338 e. The summed E-state index contributed by atoms with van der Waals surface area (Å²) in [5.74, 6) is 1.05. The van der Waals surface area contributed by atoms with Gasteiger partial charge in [-0.3, -0.25) is 4.98 Å². The van der Waals surface area contributed by atoms with Gasteiger partial charge >= 0.3 is 0 Å². The molecule has 2 aromatic rings. The van der Waals surface area contributed by atoms with E-state index in [1.807, 2.05) is 36.3 Å². The van der Waals surface area contributed by atoms with Gasteiger partial charge in [0.2, 0.25) is 0 Å². The lowest BCUT2D eigenvalue weighted by atomic mass is 10.1. The number of aryl methyl sites for hydroxylation is 1. The highest BCUT2D eigenvalue weighted by Crippen LogP contribution is 2.26. The number of imidazole rings is 1. The van der Waals surface area contributed by atoms with E-state index in [9.17, 15) is 0 Å². The molecule has 0 saturated heterocycles. The molecule has 1 atom stereocenters. The summed E-state index contributed by atoms with van der Waals surface area (Å²) in [5, 5.41) is 3.55. The number of halogens is 2. The van der Waals surface area contributed by atoms with Crippen molar-refractivity contribution in [3.8, 4) is 0 Å². The second kappa shape index (κ2) is 7.33. The smallest absolute Gasteiger partial charge is 0.110 e. The van der Waals surface area contributed by atoms with Crippen molar-refractivity contribution >= 4 is 31.9 Å². The molecule has 0 aliphatic carbocycles. The lowest BCUT2D eigenvalue weighted by Crippen LogP contribution is -2.26. The second-order valence-corrected chi connectivity index (χ2v) is 6.46. The SMILES string of the molecule is CCCNC(Cc1nccn1C)c1ncc(Br)cc1Br. The molecular weight excluding hydrogens is 384 g/mol. The topological polar surface area (TPSA) is 42.7 Å². The van der Waals surface area contributed by atoms with Crippen molar-refractivity contribution in [2.75, 3.05) is 6.54 Å². The summed E-state index contributed by atoms with van der Waals surface area (Å²) in [6.45, 7) is 3.12. The van der Waals surface area contributed by atoms with Crippen molar-refractivity contribution in [3.05, 3.63) is 45.1 Å². The summed E-state index contributed by atoms with van der Waals surface area (Å²) in [4.78, 5) is 8.95. The summed E-state index contributed by atoms with van der Waals surface area (Å²) in [5.41, 5.74) is 1.02. The molecular formula is C14H18Br2N4. The maximum Gasteiger partial charge on any atom is 0.110 e. The van der Waals surface area contributed by atoms with Crippen molar-refractivity contribution in [2.45, 2.75) is 25.8 Å². The van der Waals surface area contributed by atoms with Crippen LogP contribution in [0.15, 0.2) is 33.6 Å². The standard InChI is InChI=1S/C14H18Br2N4/c1-3-4-17-12(8-13-18-5-6-20(13)2)14-11(16)7-10(15)9-19-14/h5-7,9,12,17H,3-4,8H2,1-2H3. The van der Waals surface area contributed by atoms with Crippen LogP contribution < -0.4 is 5.32 Å². The van der Waals surface area contributed by atoms with Gasteiger partial charge in [0.25, 0.3) is 0 Å². The van der Waals surface area contributed by atoms with Crippen LogP contribution in [-0.2, 0) is 13.5 Å². The average molecular weight is 402 g/mol. The Labute approximate surface area is 136 Å². The van der Waals surface area contributed by atoms with Crippen molar-refractivity contribution < 1.29 is 0 Å². The molecule has 2 rings (SSSR count). The first-order chi connectivity index (χ1) is 9.61. The van der Waals surface area contributed by atoms with Crippen molar-refractivity contribution in [1.82, 2.24) is 19.9 Å². The highest BCUT2D eigenvalue weighted by molar-refractivity contribution is 9.11. The van der Waals surface area contributed by atoms with Gasteiger partial charge in [0.1, 0.15) is 5.82 Å². The Hall–Kier alpha value is -0.720. The van der Waals surface area contributed by atoms with Crippen LogP contribution in [0.4, 0.5) is 0 Å². The van der Waals surface area contributed by atoms with Crippen LogP contribution in [0.5, 0.6) is 0 Å². The fraction of sp³-hybridized carbons (Fsp3) is 0.429. The number of nitrogens with zero attached hydrogens (tertiary/aromatic N) is 3. The minimum atomic E-state index is 0.151. The molecule has 108 valence electrons. The second-order valence-electron chi connectivity index (χ2n) is 4.69. The molecule has 0 aliphatic rings. The highest BCUT2D eigenvalue weighted by atomic mass is 79.9. The third kappa shape index (κ3) is 3.90. The Bertz CT molecular complexity index is 568. The quantitative estimate of drug-likeness (QED) is 0.803. The van der Waals surface area contributed by atoms with Crippen molar-refractivity contribution in [2.24, 2.45) is 7.05 Å². The van der Waals surface area contributed by atoms with E-state index in [0.717, 1.165) is 39.9 Å². The van der Waals surface area contributed by atoms with E-state index < -0.39 is 0 Å². The Kier molecular flexibility index (Phi) is 5.74. The van der Waals surface area contributed by atoms with Gasteiger partial charge in [-0.1, -0.05) is 6.92 Å². The van der Waals surface area contributed by atoms with E-state index >= 15 is 0 Å². The van der Waals surface area contributed by atoms with Crippen LogP contribution >= 0.6 is 31.9 Å². The zero-order valence-electron chi connectivity index (χ0n) is 11.6. The first-order valence-electron chi connectivity index (χ1n) is 6.62. The molecule has 4 nitrogen and oxygen atoms in total. The van der Waals surface area contributed by atoms with Crippen LogP contribution in [0.25, 0.3) is 0 Å². The van der Waals surface area contributed by atoms with Crippen LogP contribution in [0.1, 0.15) is 30.9 Å². The monoisotopic (exact) mass is 400 g/mol. The van der Waals surface area contributed by atoms with Gasteiger partial charge in [0.05, 0.1) is 11.7 Å². The van der Waals surface area contributed by atoms with Gasteiger partial charge in [0, 0.05) is 41.0 Å². The summed E-state index contributed by atoms with van der Waals surface area (Å²) in [6, 6.07) is 2.18. The van der Waals surface area contributed by atoms with E-state index in [1.165, 1.54) is 0 Å². The predicted molar refractivity (Wildman–Crippen MR) is 87.6 cm³/mol. The predicted octanol–water partition coefficient (Wildman–Crippen LogP) is 3.62. The summed E-state index contributed by atoms with van der Waals surface area (Å²) >= 11 is 7.04. The van der Waals surface area contributed by atoms with Crippen LogP contribution in [0.2, 0.25) is 0 Å². The molecule has 0 fully saturated rings. The van der Waals surface area contributed by atoms with Gasteiger partial charge in [-0.2, -0.15) is 0 Å². The molecule has 0 radical (unpaired) electrons. The molecule has 0 aliphatic heterocycles. The third-order valence-electron chi connectivity index (χ3n) is 3.11. The Morgan fingerprint density at radius 1 is 1.35 bits per heavy atom. The molecule has 0 saturated carbocycles. The van der Waals surface area contributed by atoms with Crippen LogP contribution in [0.3, 0.4) is 0 Å². The van der Waals surface area contributed by atoms with Crippen LogP contribution in [0, 0.1) is 0 Å². The lowest BCUT2D eigenvalue weighted by Gasteiger charge is -2.19. The first-order valence-corrected chi connectivity index (χ1v) is 8.21. The summed E-state index contributed by atoms with van der Waals surface area (Å²) in [6.07, 6.45) is 7.54. The molecule has 2 aromatic heterocycles. The number of hydrogen-bond donors (Lipinski definition) is 1. The third-order valence-corrected chi connectivity index (χ3v) is 4.18. The zero-order valence-corrected chi connectivity index (χ0v) is 14.8. The number of hydrogen-bond acceptors (Lipinski definition) is 3. The van der Waals surface area contributed by atoms with E-state index in [4.69, 9.17) is 0 Å². The fourth-order valence-electron chi connectivity index (χ4n) is 2.04. The van der Waals surface area contributed by atoms with Gasteiger partial charge in [-0.05, 0) is 50.9 Å². The fourth-order valence-corrected chi connectivity index (χ4v) is 3.31. The van der Waals surface area contributed by atoms with E-state index in [-0.39, 0.29) is 6.04 Å². The van der Waals surface area contributed by atoms with E-state index in [2.05, 4.69) is 54.1 Å². The minimum absolute atomic E-state index is 0.151. The lowest BCUT2D eigenvalue weighted by molar-refractivity contribution is 0.499. The number of nitrogens with one attached hydrogen (secondary N) is 1. The Morgan fingerprint density at radius 2 is 2.15 bits per heavy atom. The normalized spacial score (nSPS) is 12.6. The molecule has 2 heterocycles. The molecule has 20 heavy (non-hydrogen) atoms. The molecule has 1 unspecified atom stereocenters. The largest absolute Gasteiger partial charge is 0.338 e. The Morgan fingerprint density at radius 3 is 2.75 bits per heavy atom. The molecule has 0 amide bonds. The summed E-state index contributed by atoms with van der Waals surface area (Å²) < 4.78 is 4.03. The van der Waals surface area contributed by atoms with Crippen molar-refractivity contribution in [1.29, 1.82) is 0 Å². The van der Waals surface area contributed by atoms with Crippen LogP contribution in [-0.4, -0.2) is 21.1 Å². The Balaban J connectivity index is 2.24. The van der Waals surface area contributed by atoms with Gasteiger partial charge in [0.15, 0.2) is 0 Å². The molecule has 6 heteroatoms. The highest BCUT2D eigenvalue weighted by Gasteiger charge is 2.18. The number of rotatable bonds is 6. The molecule has 1 N–H and O–H groups in total. The zero-order chi connectivity index (χ0) is 14.5. The van der Waals surface area contributed by atoms with Gasteiger partial charge < -0.3 is 9.88 Å². The van der Waals surface area contributed by atoms with Crippen molar-refractivity contribution in [3.63, 3.8) is 0 Å². The maximum atomic E-state index is 4.55. The van der Waals surface area contributed by atoms with Gasteiger partial charge in [-0.25, -0.2) is 4.98 Å². The first kappa shape index (κ1) is 15.7. The van der Waals surface area contributed by atoms with E-state index in [0.29, 0.717) is 0 Å². The molecule has 0 aromatic carbocycles. The van der Waals surface area contributed by atoms with E-state index in [1.54, 1.807) is 0 Å². The summed E-state index contributed by atoms with van der Waals surface area (Å²) in [7, 11) is 2.02. The molecule has 0 bridgehead atoms. The average Bonchev–Trinajstić information content (AvgIpc) is 2.80.